The van der Waals surface area contributed by atoms with Crippen molar-refractivity contribution in [1.82, 2.24) is 9.97 Å². The average Bonchev–Trinajstić information content (AvgIpc) is 3.12. The van der Waals surface area contributed by atoms with Crippen LogP contribution in [0.15, 0.2) is 92.1 Å². The van der Waals surface area contributed by atoms with E-state index in [4.69, 9.17) is 16.0 Å². The first-order chi connectivity index (χ1) is 13.7. The second-order valence-electron chi connectivity index (χ2n) is 6.26. The van der Waals surface area contributed by atoms with Gasteiger partial charge in [-0.25, -0.2) is 4.98 Å². The smallest absolute Gasteiger partial charge is 0.263 e. The molecule has 28 heavy (non-hydrogen) atoms. The molecule has 136 valence electrons. The van der Waals surface area contributed by atoms with Crippen LogP contribution in [0.4, 0.5) is 0 Å². The molecule has 0 spiro atoms. The predicted molar refractivity (Wildman–Crippen MR) is 113 cm³/mol. The standard InChI is InChI=1S/C22H13ClN2O2S/c23-14-10-11-16-15(12-14)19(13-6-2-1-3-7-13)20(21(26)24-16)28-22-25-17-8-4-5-9-18(17)27-22/h1-12H,(H,24,26). The third-order valence-corrected chi connectivity index (χ3v) is 5.64. The van der Waals surface area contributed by atoms with E-state index in [2.05, 4.69) is 9.97 Å². The molecular weight excluding hydrogens is 392 g/mol. The number of nitrogens with one attached hydrogen (secondary N) is 1. The van der Waals surface area contributed by atoms with E-state index in [1.165, 1.54) is 11.8 Å². The number of aromatic amines is 1. The lowest BCUT2D eigenvalue weighted by atomic mass is 10.0. The van der Waals surface area contributed by atoms with E-state index in [0.29, 0.717) is 20.7 Å². The van der Waals surface area contributed by atoms with Crippen molar-refractivity contribution >= 4 is 45.4 Å². The zero-order valence-electron chi connectivity index (χ0n) is 14.5. The molecule has 0 bridgehead atoms. The van der Waals surface area contributed by atoms with E-state index >= 15 is 0 Å². The minimum atomic E-state index is -0.194. The SMILES string of the molecule is O=c1[nH]c2ccc(Cl)cc2c(-c2ccccc2)c1Sc1nc2ccccc2o1. The number of aromatic nitrogens is 2. The van der Waals surface area contributed by atoms with Gasteiger partial charge in [-0.2, -0.15) is 0 Å². The topological polar surface area (TPSA) is 58.9 Å². The van der Waals surface area contributed by atoms with Gasteiger partial charge in [0.15, 0.2) is 5.58 Å². The Hall–Kier alpha value is -3.02. The normalized spacial score (nSPS) is 11.3. The molecule has 0 saturated heterocycles. The summed E-state index contributed by atoms with van der Waals surface area (Å²) >= 11 is 7.47. The average molecular weight is 405 g/mol. The number of H-pyrrole nitrogens is 1. The predicted octanol–water partition coefficient (Wildman–Crippen LogP) is 6.14. The van der Waals surface area contributed by atoms with Crippen LogP contribution in [0.3, 0.4) is 0 Å². The molecule has 2 heterocycles. The highest BCUT2D eigenvalue weighted by atomic mass is 35.5. The van der Waals surface area contributed by atoms with Gasteiger partial charge in [0.05, 0.1) is 4.90 Å². The van der Waals surface area contributed by atoms with Gasteiger partial charge in [-0.1, -0.05) is 54.1 Å². The highest BCUT2D eigenvalue weighted by Crippen LogP contribution is 2.38. The van der Waals surface area contributed by atoms with Crippen LogP contribution < -0.4 is 5.56 Å². The maximum absolute atomic E-state index is 13.0. The van der Waals surface area contributed by atoms with Gasteiger partial charge in [0, 0.05) is 21.5 Å². The first-order valence-electron chi connectivity index (χ1n) is 8.63. The van der Waals surface area contributed by atoms with E-state index in [-0.39, 0.29) is 5.56 Å². The molecule has 0 aliphatic heterocycles. The summed E-state index contributed by atoms with van der Waals surface area (Å²) in [7, 11) is 0. The van der Waals surface area contributed by atoms with Crippen molar-refractivity contribution in [3.63, 3.8) is 0 Å². The number of hydrogen-bond acceptors (Lipinski definition) is 4. The summed E-state index contributed by atoms with van der Waals surface area (Å²) in [5.74, 6) is 0. The number of rotatable bonds is 3. The zero-order chi connectivity index (χ0) is 19.1. The number of fused-ring (bicyclic) bond motifs is 2. The summed E-state index contributed by atoms with van der Waals surface area (Å²) in [4.78, 5) is 20.9. The van der Waals surface area contributed by atoms with Gasteiger partial charge < -0.3 is 9.40 Å². The first-order valence-corrected chi connectivity index (χ1v) is 9.83. The third-order valence-electron chi connectivity index (χ3n) is 4.46. The number of pyridine rings is 1. The van der Waals surface area contributed by atoms with E-state index in [1.54, 1.807) is 6.07 Å². The zero-order valence-corrected chi connectivity index (χ0v) is 16.1. The molecule has 0 unspecified atom stereocenters. The Balaban J connectivity index is 1.77. The van der Waals surface area contributed by atoms with Crippen LogP contribution >= 0.6 is 23.4 Å². The van der Waals surface area contributed by atoms with E-state index in [0.717, 1.165) is 27.5 Å². The van der Waals surface area contributed by atoms with E-state index in [9.17, 15) is 4.79 Å². The highest BCUT2D eigenvalue weighted by Gasteiger charge is 2.18. The molecule has 0 fully saturated rings. The third kappa shape index (κ3) is 2.99. The lowest BCUT2D eigenvalue weighted by Gasteiger charge is -2.12. The number of nitrogens with zero attached hydrogens (tertiary/aromatic N) is 1. The van der Waals surface area contributed by atoms with E-state index in [1.807, 2.05) is 66.7 Å². The quantitative estimate of drug-likeness (QED) is 0.392. The summed E-state index contributed by atoms with van der Waals surface area (Å²) in [6, 6.07) is 22.8. The van der Waals surface area contributed by atoms with Crippen molar-refractivity contribution in [3.8, 4) is 11.1 Å². The maximum Gasteiger partial charge on any atom is 0.263 e. The molecule has 0 aliphatic carbocycles. The molecule has 1 N–H and O–H groups in total. The van der Waals surface area contributed by atoms with Crippen molar-refractivity contribution in [2.45, 2.75) is 10.1 Å². The molecule has 2 aromatic heterocycles. The second-order valence-corrected chi connectivity index (χ2v) is 7.66. The fourth-order valence-electron chi connectivity index (χ4n) is 3.22. The molecule has 3 aromatic carbocycles. The van der Waals surface area contributed by atoms with Gasteiger partial charge in [0.25, 0.3) is 10.8 Å². The van der Waals surface area contributed by atoms with Crippen LogP contribution in [0.2, 0.25) is 5.02 Å². The number of halogens is 1. The lowest BCUT2D eigenvalue weighted by molar-refractivity contribution is 0.489. The highest BCUT2D eigenvalue weighted by molar-refractivity contribution is 7.99. The van der Waals surface area contributed by atoms with Crippen LogP contribution in [0.1, 0.15) is 0 Å². The summed E-state index contributed by atoms with van der Waals surface area (Å²) in [6.45, 7) is 0. The van der Waals surface area contributed by atoms with Crippen LogP contribution in [0.5, 0.6) is 0 Å². The van der Waals surface area contributed by atoms with Crippen molar-refractivity contribution in [3.05, 3.63) is 88.2 Å². The number of benzene rings is 3. The van der Waals surface area contributed by atoms with Crippen LogP contribution in [0, 0.1) is 0 Å². The fourth-order valence-corrected chi connectivity index (χ4v) is 4.31. The molecular formula is C22H13ClN2O2S. The van der Waals surface area contributed by atoms with Crippen molar-refractivity contribution < 1.29 is 4.42 Å². The number of hydrogen-bond donors (Lipinski definition) is 1. The number of oxazole rings is 1. The minimum absolute atomic E-state index is 0.194. The van der Waals surface area contributed by atoms with Crippen molar-refractivity contribution in [1.29, 1.82) is 0 Å². The molecule has 0 amide bonds. The summed E-state index contributed by atoms with van der Waals surface area (Å²) in [5, 5.41) is 1.90. The lowest BCUT2D eigenvalue weighted by Crippen LogP contribution is -2.10. The van der Waals surface area contributed by atoms with Crippen molar-refractivity contribution in [2.75, 3.05) is 0 Å². The molecule has 0 aliphatic rings. The van der Waals surface area contributed by atoms with Crippen LogP contribution in [-0.2, 0) is 0 Å². The molecule has 5 rings (SSSR count). The Bertz CT molecular complexity index is 1340. The second kappa shape index (κ2) is 6.86. The van der Waals surface area contributed by atoms with Crippen LogP contribution in [0.25, 0.3) is 33.1 Å². The van der Waals surface area contributed by atoms with Gasteiger partial charge in [0.1, 0.15) is 5.52 Å². The van der Waals surface area contributed by atoms with Crippen LogP contribution in [-0.4, -0.2) is 9.97 Å². The van der Waals surface area contributed by atoms with Gasteiger partial charge in [-0.05, 0) is 47.7 Å². The Morgan fingerprint density at radius 1 is 0.964 bits per heavy atom. The van der Waals surface area contributed by atoms with Crippen molar-refractivity contribution in [2.24, 2.45) is 0 Å². The molecule has 0 radical (unpaired) electrons. The summed E-state index contributed by atoms with van der Waals surface area (Å²) < 4.78 is 5.83. The van der Waals surface area contributed by atoms with Gasteiger partial charge in [-0.15, -0.1) is 0 Å². The van der Waals surface area contributed by atoms with Gasteiger partial charge in [-0.3, -0.25) is 4.79 Å². The number of para-hydroxylation sites is 2. The molecule has 5 aromatic rings. The fraction of sp³-hybridized carbons (Fsp3) is 0. The Morgan fingerprint density at radius 3 is 2.57 bits per heavy atom. The van der Waals surface area contributed by atoms with Gasteiger partial charge in [0.2, 0.25) is 0 Å². The first kappa shape index (κ1) is 17.1. The summed E-state index contributed by atoms with van der Waals surface area (Å²) in [6.07, 6.45) is 0. The molecule has 4 nitrogen and oxygen atoms in total. The molecule has 0 saturated carbocycles. The Kier molecular flexibility index (Phi) is 4.19. The molecule has 6 heteroatoms. The van der Waals surface area contributed by atoms with E-state index < -0.39 is 0 Å². The maximum atomic E-state index is 13.0. The largest absolute Gasteiger partial charge is 0.431 e. The minimum Gasteiger partial charge on any atom is -0.431 e. The Morgan fingerprint density at radius 2 is 1.75 bits per heavy atom. The van der Waals surface area contributed by atoms with Gasteiger partial charge >= 0.3 is 0 Å². The summed E-state index contributed by atoms with van der Waals surface area (Å²) in [5.41, 5.74) is 3.72. The Labute approximate surface area is 169 Å². The monoisotopic (exact) mass is 404 g/mol. The molecule has 0 atom stereocenters.